The molecule has 0 saturated heterocycles. The second-order valence-corrected chi connectivity index (χ2v) is 13.9. The number of benzene rings is 8. The molecule has 2 aliphatic heterocycles. The van der Waals surface area contributed by atoms with E-state index >= 15 is 0 Å². The van der Waals surface area contributed by atoms with Crippen LogP contribution in [0.25, 0.3) is 38.2 Å². The molecule has 0 aromatic heterocycles. The monoisotopic (exact) mass is 694 g/mol. The lowest BCUT2D eigenvalue weighted by Crippen LogP contribution is -2.19. The molecule has 4 heteroatoms. The van der Waals surface area contributed by atoms with Gasteiger partial charge < -0.3 is 19.3 Å². The van der Waals surface area contributed by atoms with E-state index in [0.717, 1.165) is 70.0 Å². The third kappa shape index (κ3) is 4.63. The average molecular weight is 695 g/mol. The predicted molar refractivity (Wildman–Crippen MR) is 223 cm³/mol. The van der Waals surface area contributed by atoms with E-state index < -0.39 is 0 Å². The van der Waals surface area contributed by atoms with Crippen molar-refractivity contribution < 1.29 is 9.47 Å². The maximum atomic E-state index is 6.56. The molecule has 0 fully saturated rings. The van der Waals surface area contributed by atoms with Crippen LogP contribution in [0.5, 0.6) is 23.0 Å². The lowest BCUT2D eigenvalue weighted by molar-refractivity contribution is 0.476. The van der Waals surface area contributed by atoms with E-state index in [-0.39, 0.29) is 0 Å². The molecular formula is C50H34N2O2. The van der Waals surface area contributed by atoms with Gasteiger partial charge in [0.1, 0.15) is 0 Å². The maximum absolute atomic E-state index is 6.56. The first-order valence-electron chi connectivity index (χ1n) is 18.6. The Labute approximate surface area is 314 Å². The number of fused-ring (bicyclic) bond motifs is 6. The van der Waals surface area contributed by atoms with Crippen molar-refractivity contribution in [3.63, 3.8) is 0 Å². The number of anilines is 6. The minimum atomic E-state index is 0.826. The van der Waals surface area contributed by atoms with Gasteiger partial charge in [-0.3, -0.25) is 0 Å². The van der Waals surface area contributed by atoms with E-state index in [1.165, 1.54) is 43.8 Å². The second-order valence-electron chi connectivity index (χ2n) is 13.9. The summed E-state index contributed by atoms with van der Waals surface area (Å²) in [4.78, 5) is 4.81. The SMILES string of the molecule is C1=CCCC(c2c3ccccc3c(-c3ccccc3)c3c(N4c5ccccc5Oc5ccccc54)ccc(N4c5ccccc5Oc5ccccc54)c23)=C1. The minimum absolute atomic E-state index is 0.826. The standard InChI is InChI=1S/C50H34N2O2/c1-3-17-33(18-4-1)47-35-21-7-8-22-36(35)48(34-19-5-2-6-20-34)50-42(52-39-25-11-15-29-45(39)54-46-30-16-12-26-40(46)52)32-31-41(49(47)50)51-37-23-9-13-27-43(37)53-44-28-14-10-24-38(44)51/h1-5,7-19,21-32H,6,20H2. The van der Waals surface area contributed by atoms with Gasteiger partial charge in [0.15, 0.2) is 23.0 Å². The molecular weight excluding hydrogens is 661 g/mol. The molecule has 54 heavy (non-hydrogen) atoms. The summed E-state index contributed by atoms with van der Waals surface area (Å²) < 4.78 is 13.1. The predicted octanol–water partition coefficient (Wildman–Crippen LogP) is 14.5. The van der Waals surface area contributed by atoms with Gasteiger partial charge in [0.25, 0.3) is 0 Å². The zero-order chi connectivity index (χ0) is 35.6. The molecule has 11 rings (SSSR count). The molecule has 0 N–H and O–H groups in total. The Balaban J connectivity index is 1.37. The van der Waals surface area contributed by atoms with Crippen molar-refractivity contribution in [2.24, 2.45) is 0 Å². The summed E-state index contributed by atoms with van der Waals surface area (Å²) in [6.07, 6.45) is 8.76. The van der Waals surface area contributed by atoms with Crippen LogP contribution < -0.4 is 19.3 Å². The Hall–Kier alpha value is -7.04. The number of para-hydroxylation sites is 8. The minimum Gasteiger partial charge on any atom is -0.453 e. The summed E-state index contributed by atoms with van der Waals surface area (Å²) in [7, 11) is 0. The van der Waals surface area contributed by atoms with Gasteiger partial charge in [0, 0.05) is 10.8 Å². The van der Waals surface area contributed by atoms with Crippen molar-refractivity contribution in [2.45, 2.75) is 12.8 Å². The Morgan fingerprint density at radius 1 is 0.389 bits per heavy atom. The molecule has 0 atom stereocenters. The molecule has 256 valence electrons. The number of ether oxygens (including phenoxy) is 2. The van der Waals surface area contributed by atoms with Crippen LogP contribution in [0.3, 0.4) is 0 Å². The maximum Gasteiger partial charge on any atom is 0.151 e. The van der Waals surface area contributed by atoms with Gasteiger partial charge in [-0.25, -0.2) is 0 Å². The zero-order valence-electron chi connectivity index (χ0n) is 29.4. The van der Waals surface area contributed by atoms with Crippen LogP contribution in [0.15, 0.2) is 182 Å². The van der Waals surface area contributed by atoms with Gasteiger partial charge >= 0.3 is 0 Å². The second kappa shape index (κ2) is 12.3. The molecule has 8 aromatic rings. The summed E-state index contributed by atoms with van der Waals surface area (Å²) in [6, 6.07) is 58.0. The highest BCUT2D eigenvalue weighted by molar-refractivity contribution is 6.27. The Kier molecular flexibility index (Phi) is 6.96. The zero-order valence-corrected chi connectivity index (χ0v) is 29.4. The van der Waals surface area contributed by atoms with Crippen molar-refractivity contribution in [3.05, 3.63) is 188 Å². The highest BCUT2D eigenvalue weighted by atomic mass is 16.5. The first-order valence-corrected chi connectivity index (χ1v) is 18.6. The summed E-state index contributed by atoms with van der Waals surface area (Å²) in [5, 5.41) is 4.83. The fourth-order valence-electron chi connectivity index (χ4n) is 8.63. The van der Waals surface area contributed by atoms with E-state index in [1.807, 2.05) is 24.3 Å². The van der Waals surface area contributed by atoms with Crippen LogP contribution in [-0.2, 0) is 0 Å². The van der Waals surface area contributed by atoms with E-state index in [9.17, 15) is 0 Å². The summed E-state index contributed by atoms with van der Waals surface area (Å²) in [5.74, 6) is 3.31. The molecule has 0 unspecified atom stereocenters. The first kappa shape index (κ1) is 30.6. The molecule has 0 radical (unpaired) electrons. The summed E-state index contributed by atoms with van der Waals surface area (Å²) >= 11 is 0. The number of rotatable bonds is 4. The molecule has 1 aliphatic carbocycles. The highest BCUT2D eigenvalue weighted by Gasteiger charge is 2.33. The van der Waals surface area contributed by atoms with Crippen LogP contribution in [0.1, 0.15) is 18.4 Å². The molecule has 4 nitrogen and oxygen atoms in total. The molecule has 0 amide bonds. The quantitative estimate of drug-likeness (QED) is 0.171. The summed E-state index contributed by atoms with van der Waals surface area (Å²) in [5.41, 5.74) is 11.2. The molecule has 0 saturated carbocycles. The van der Waals surface area contributed by atoms with Crippen LogP contribution in [0.4, 0.5) is 34.1 Å². The molecule has 0 spiro atoms. The number of nitrogens with zero attached hydrogens (tertiary/aromatic N) is 2. The average Bonchev–Trinajstić information content (AvgIpc) is 3.24. The lowest BCUT2D eigenvalue weighted by Gasteiger charge is -2.37. The van der Waals surface area contributed by atoms with Crippen molar-refractivity contribution in [3.8, 4) is 34.1 Å². The van der Waals surface area contributed by atoms with Crippen molar-refractivity contribution >= 4 is 61.2 Å². The van der Waals surface area contributed by atoms with Gasteiger partial charge in [-0.05, 0) is 107 Å². The lowest BCUT2D eigenvalue weighted by atomic mass is 9.82. The largest absolute Gasteiger partial charge is 0.453 e. The van der Waals surface area contributed by atoms with Crippen molar-refractivity contribution in [1.29, 1.82) is 0 Å². The van der Waals surface area contributed by atoms with Gasteiger partial charge in [-0.1, -0.05) is 121 Å². The van der Waals surface area contributed by atoms with E-state index in [4.69, 9.17) is 9.47 Å². The number of hydrogen-bond donors (Lipinski definition) is 0. The Bertz CT molecular complexity index is 2760. The first-order chi connectivity index (χ1) is 26.8. The van der Waals surface area contributed by atoms with Crippen LogP contribution in [0.2, 0.25) is 0 Å². The molecule has 8 aromatic carbocycles. The number of hydrogen-bond acceptors (Lipinski definition) is 4. The molecule has 3 aliphatic rings. The third-order valence-electron chi connectivity index (χ3n) is 10.9. The highest BCUT2D eigenvalue weighted by Crippen LogP contribution is 2.59. The van der Waals surface area contributed by atoms with Gasteiger partial charge in [0.05, 0.1) is 34.1 Å². The third-order valence-corrected chi connectivity index (χ3v) is 10.9. The topological polar surface area (TPSA) is 24.9 Å². The normalized spacial score (nSPS) is 14.0. The summed E-state index contributed by atoms with van der Waals surface area (Å²) in [6.45, 7) is 0. The van der Waals surface area contributed by atoms with Crippen LogP contribution in [0, 0.1) is 0 Å². The van der Waals surface area contributed by atoms with Gasteiger partial charge in [-0.15, -0.1) is 0 Å². The smallest absolute Gasteiger partial charge is 0.151 e. The fourth-order valence-corrected chi connectivity index (χ4v) is 8.63. The van der Waals surface area contributed by atoms with Crippen LogP contribution >= 0.6 is 0 Å². The van der Waals surface area contributed by atoms with Crippen molar-refractivity contribution in [2.75, 3.05) is 9.80 Å². The number of allylic oxidation sites excluding steroid dienone is 4. The van der Waals surface area contributed by atoms with Crippen LogP contribution in [-0.4, -0.2) is 0 Å². The molecule has 2 heterocycles. The van der Waals surface area contributed by atoms with Gasteiger partial charge in [-0.2, -0.15) is 0 Å². The van der Waals surface area contributed by atoms with E-state index in [1.54, 1.807) is 0 Å². The van der Waals surface area contributed by atoms with Gasteiger partial charge in [0.2, 0.25) is 0 Å². The van der Waals surface area contributed by atoms with E-state index in [0.29, 0.717) is 0 Å². The Morgan fingerprint density at radius 3 is 1.30 bits per heavy atom. The Morgan fingerprint density at radius 2 is 0.815 bits per heavy atom. The molecule has 0 bridgehead atoms. The van der Waals surface area contributed by atoms with Crippen molar-refractivity contribution in [1.82, 2.24) is 0 Å². The van der Waals surface area contributed by atoms with E-state index in [2.05, 4.69) is 168 Å². The fraction of sp³-hybridized carbons (Fsp3) is 0.0400.